The number of ether oxygens (including phenoxy) is 1. The van der Waals surface area contributed by atoms with E-state index in [0.29, 0.717) is 6.42 Å². The Kier molecular flexibility index (Phi) is 6.43. The van der Waals surface area contributed by atoms with Crippen molar-refractivity contribution >= 4 is 17.5 Å². The fourth-order valence-corrected chi connectivity index (χ4v) is 2.87. The number of Topliss-reactive ketones (excluding diaryl/α,β-unsaturated/α-hetero) is 1. The molecule has 1 aromatic carbocycles. The number of methoxy groups -OCH3 is 1. The van der Waals surface area contributed by atoms with Crippen LogP contribution >= 0.6 is 11.8 Å². The maximum atomic E-state index is 11.0. The van der Waals surface area contributed by atoms with Gasteiger partial charge in [-0.05, 0) is 37.5 Å². The van der Waals surface area contributed by atoms with Gasteiger partial charge in [0.25, 0.3) is 0 Å². The molecule has 106 valence electrons. The van der Waals surface area contributed by atoms with E-state index in [1.807, 2.05) is 23.9 Å². The molecule has 0 bridgehead atoms. The Hall–Kier alpha value is -0.960. The minimum atomic E-state index is 0.218. The Bertz CT molecular complexity index is 396. The number of thioether (sulfide) groups is 1. The van der Waals surface area contributed by atoms with E-state index < -0.39 is 0 Å². The van der Waals surface area contributed by atoms with Gasteiger partial charge in [0.15, 0.2) is 0 Å². The molecular weight excluding hydrogens is 256 g/mol. The molecule has 0 aliphatic carbocycles. The minimum Gasteiger partial charge on any atom is -0.497 e. The van der Waals surface area contributed by atoms with Gasteiger partial charge < -0.3 is 9.53 Å². The number of rotatable bonds is 8. The number of ketones is 1. The summed E-state index contributed by atoms with van der Waals surface area (Å²) in [4.78, 5) is 11.0. The van der Waals surface area contributed by atoms with Crippen LogP contribution < -0.4 is 4.74 Å². The van der Waals surface area contributed by atoms with E-state index in [9.17, 15) is 4.79 Å². The first-order chi connectivity index (χ1) is 8.93. The number of hydrogen-bond acceptors (Lipinski definition) is 3. The van der Waals surface area contributed by atoms with Crippen molar-refractivity contribution in [1.82, 2.24) is 0 Å². The first-order valence-corrected chi connectivity index (χ1v) is 7.68. The molecule has 0 amide bonds. The molecule has 0 fully saturated rings. The molecule has 0 radical (unpaired) electrons. The van der Waals surface area contributed by atoms with Crippen LogP contribution in [-0.2, 0) is 10.5 Å². The van der Waals surface area contributed by atoms with Gasteiger partial charge in [-0.2, -0.15) is 11.8 Å². The summed E-state index contributed by atoms with van der Waals surface area (Å²) < 4.78 is 5.37. The minimum absolute atomic E-state index is 0.218. The van der Waals surface area contributed by atoms with E-state index in [0.717, 1.165) is 24.3 Å². The topological polar surface area (TPSA) is 26.3 Å². The molecule has 0 aliphatic rings. The van der Waals surface area contributed by atoms with Gasteiger partial charge >= 0.3 is 0 Å². The lowest BCUT2D eigenvalue weighted by Crippen LogP contribution is -2.15. The second-order valence-corrected chi connectivity index (χ2v) is 7.13. The van der Waals surface area contributed by atoms with Crippen LogP contribution in [0.4, 0.5) is 0 Å². The predicted octanol–water partition coefficient (Wildman–Crippen LogP) is 4.47. The summed E-state index contributed by atoms with van der Waals surface area (Å²) >= 11 is 1.94. The molecule has 1 aromatic rings. The van der Waals surface area contributed by atoms with Gasteiger partial charge in [0.2, 0.25) is 0 Å². The summed E-state index contributed by atoms with van der Waals surface area (Å²) in [6.45, 7) is 6.17. The van der Waals surface area contributed by atoms with Crippen molar-refractivity contribution in [3.05, 3.63) is 29.8 Å². The van der Waals surface area contributed by atoms with Crippen molar-refractivity contribution in [3.63, 3.8) is 0 Å². The van der Waals surface area contributed by atoms with Crippen LogP contribution in [0.1, 0.15) is 45.6 Å². The Morgan fingerprint density at radius 2 is 1.89 bits per heavy atom. The molecule has 1 rings (SSSR count). The summed E-state index contributed by atoms with van der Waals surface area (Å²) in [5, 5.41) is 0. The molecule has 2 nitrogen and oxygen atoms in total. The molecule has 0 spiro atoms. The lowest BCUT2D eigenvalue weighted by molar-refractivity contribution is -0.117. The summed E-state index contributed by atoms with van der Waals surface area (Å²) in [5.41, 5.74) is 1.31. The lowest BCUT2D eigenvalue weighted by Gasteiger charge is -2.24. The highest BCUT2D eigenvalue weighted by Gasteiger charge is 2.18. The van der Waals surface area contributed by atoms with Crippen LogP contribution in [0.2, 0.25) is 0 Å². The summed E-state index contributed by atoms with van der Waals surface area (Å²) in [5.74, 6) is 2.18. The lowest BCUT2D eigenvalue weighted by atomic mass is 10.0. The zero-order chi connectivity index (χ0) is 14.3. The second kappa shape index (κ2) is 7.59. The van der Waals surface area contributed by atoms with Gasteiger partial charge in [-0.25, -0.2) is 0 Å². The molecule has 0 aromatic heterocycles. The maximum Gasteiger partial charge on any atom is 0.129 e. The molecule has 0 aliphatic heterocycles. The van der Waals surface area contributed by atoms with Crippen molar-refractivity contribution in [2.75, 3.05) is 7.11 Å². The normalized spacial score (nSPS) is 11.4. The van der Waals surface area contributed by atoms with Crippen LogP contribution in [0, 0.1) is 0 Å². The van der Waals surface area contributed by atoms with E-state index in [2.05, 4.69) is 26.0 Å². The van der Waals surface area contributed by atoms with Gasteiger partial charge in [-0.3, -0.25) is 0 Å². The van der Waals surface area contributed by atoms with Crippen molar-refractivity contribution in [2.45, 2.75) is 50.5 Å². The highest BCUT2D eigenvalue weighted by Crippen LogP contribution is 2.33. The molecule has 0 saturated heterocycles. The first kappa shape index (κ1) is 16.1. The van der Waals surface area contributed by atoms with E-state index in [1.54, 1.807) is 14.0 Å². The Labute approximate surface area is 120 Å². The summed E-state index contributed by atoms with van der Waals surface area (Å²) in [6, 6.07) is 8.21. The predicted molar refractivity (Wildman–Crippen MR) is 82.9 cm³/mol. The highest BCUT2D eigenvalue weighted by atomic mass is 32.2. The third kappa shape index (κ3) is 6.67. The standard InChI is InChI=1S/C16H24O2S/c1-13(17)6-5-11-16(2,3)19-12-14-7-9-15(18-4)10-8-14/h7-10H,5-6,11-12H2,1-4H3. The molecular formula is C16H24O2S. The number of hydrogen-bond donors (Lipinski definition) is 0. The molecule has 0 atom stereocenters. The molecule has 0 heterocycles. The summed E-state index contributed by atoms with van der Waals surface area (Å²) in [7, 11) is 1.68. The number of carbonyl (C=O) groups is 1. The van der Waals surface area contributed by atoms with Crippen LogP contribution in [-0.4, -0.2) is 17.6 Å². The van der Waals surface area contributed by atoms with Gasteiger partial charge in [0.05, 0.1) is 7.11 Å². The second-order valence-electron chi connectivity index (χ2n) is 5.45. The van der Waals surface area contributed by atoms with Gasteiger partial charge in [0, 0.05) is 16.9 Å². The fraction of sp³-hybridized carbons (Fsp3) is 0.562. The molecule has 3 heteroatoms. The molecule has 0 N–H and O–H groups in total. The van der Waals surface area contributed by atoms with Crippen LogP contribution in [0.25, 0.3) is 0 Å². The molecule has 19 heavy (non-hydrogen) atoms. The van der Waals surface area contributed by atoms with E-state index in [1.165, 1.54) is 5.56 Å². The smallest absolute Gasteiger partial charge is 0.129 e. The van der Waals surface area contributed by atoms with Crippen molar-refractivity contribution in [3.8, 4) is 5.75 Å². The quantitative estimate of drug-likeness (QED) is 0.703. The van der Waals surface area contributed by atoms with Gasteiger partial charge in [0.1, 0.15) is 11.5 Å². The highest BCUT2D eigenvalue weighted by molar-refractivity contribution is 7.99. The van der Waals surface area contributed by atoms with E-state index in [4.69, 9.17) is 4.74 Å². The maximum absolute atomic E-state index is 11.0. The monoisotopic (exact) mass is 280 g/mol. The fourth-order valence-electron chi connectivity index (χ4n) is 1.84. The third-order valence-electron chi connectivity index (χ3n) is 3.10. The average molecular weight is 280 g/mol. The van der Waals surface area contributed by atoms with Gasteiger partial charge in [-0.1, -0.05) is 26.0 Å². The average Bonchev–Trinajstić information content (AvgIpc) is 2.36. The van der Waals surface area contributed by atoms with Crippen LogP contribution in [0.3, 0.4) is 0 Å². The van der Waals surface area contributed by atoms with Crippen molar-refractivity contribution in [1.29, 1.82) is 0 Å². The van der Waals surface area contributed by atoms with Crippen molar-refractivity contribution < 1.29 is 9.53 Å². The molecule has 0 saturated carbocycles. The third-order valence-corrected chi connectivity index (χ3v) is 4.56. The van der Waals surface area contributed by atoms with Crippen LogP contribution in [0.15, 0.2) is 24.3 Å². The Balaban J connectivity index is 2.38. The zero-order valence-corrected chi connectivity index (χ0v) is 13.2. The summed E-state index contributed by atoms with van der Waals surface area (Å²) in [6.07, 6.45) is 2.76. The Morgan fingerprint density at radius 1 is 1.26 bits per heavy atom. The zero-order valence-electron chi connectivity index (χ0n) is 12.4. The number of carbonyl (C=O) groups excluding carboxylic acids is 1. The molecule has 0 unspecified atom stereocenters. The van der Waals surface area contributed by atoms with E-state index in [-0.39, 0.29) is 10.5 Å². The first-order valence-electron chi connectivity index (χ1n) is 6.69. The van der Waals surface area contributed by atoms with Crippen LogP contribution in [0.5, 0.6) is 5.75 Å². The SMILES string of the molecule is COc1ccc(CSC(C)(C)CCCC(C)=O)cc1. The number of benzene rings is 1. The largest absolute Gasteiger partial charge is 0.497 e. The Morgan fingerprint density at radius 3 is 2.42 bits per heavy atom. The van der Waals surface area contributed by atoms with Gasteiger partial charge in [-0.15, -0.1) is 0 Å². The van der Waals surface area contributed by atoms with E-state index >= 15 is 0 Å². The van der Waals surface area contributed by atoms with Crippen molar-refractivity contribution in [2.24, 2.45) is 0 Å².